The SMILES string of the molecule is Cl.N#Cc1cccc(CN(c2ccccc2)c2nc3cccnc3s2)c1. The molecule has 4 nitrogen and oxygen atoms in total. The van der Waals surface area contributed by atoms with Gasteiger partial charge in [0.1, 0.15) is 10.3 Å². The second-order valence-electron chi connectivity index (χ2n) is 5.56. The predicted molar refractivity (Wildman–Crippen MR) is 108 cm³/mol. The van der Waals surface area contributed by atoms with E-state index in [9.17, 15) is 0 Å². The third-order valence-electron chi connectivity index (χ3n) is 3.85. The van der Waals surface area contributed by atoms with Gasteiger partial charge < -0.3 is 4.90 Å². The minimum absolute atomic E-state index is 0. The van der Waals surface area contributed by atoms with Crippen LogP contribution in [0, 0.1) is 11.3 Å². The van der Waals surface area contributed by atoms with Crippen LogP contribution in [0.1, 0.15) is 11.1 Å². The van der Waals surface area contributed by atoms with Gasteiger partial charge in [0.2, 0.25) is 0 Å². The number of nitrogens with zero attached hydrogens (tertiary/aromatic N) is 4. The van der Waals surface area contributed by atoms with E-state index in [2.05, 4.69) is 28.1 Å². The number of hydrogen-bond acceptors (Lipinski definition) is 5. The van der Waals surface area contributed by atoms with Gasteiger partial charge in [0.05, 0.1) is 18.2 Å². The van der Waals surface area contributed by atoms with E-state index in [1.165, 1.54) is 0 Å². The summed E-state index contributed by atoms with van der Waals surface area (Å²) >= 11 is 1.57. The molecule has 4 aromatic rings. The lowest BCUT2D eigenvalue weighted by Gasteiger charge is -2.22. The molecule has 0 aliphatic heterocycles. The summed E-state index contributed by atoms with van der Waals surface area (Å²) in [6.45, 7) is 0.638. The molecule has 0 amide bonds. The molecule has 0 aliphatic carbocycles. The van der Waals surface area contributed by atoms with Crippen LogP contribution in [0.15, 0.2) is 72.9 Å². The van der Waals surface area contributed by atoms with Crippen LogP contribution >= 0.6 is 23.7 Å². The molecule has 4 rings (SSSR count). The first-order valence-corrected chi connectivity index (χ1v) is 8.68. The highest BCUT2D eigenvalue weighted by Crippen LogP contribution is 2.33. The number of thiazole rings is 1. The highest BCUT2D eigenvalue weighted by molar-refractivity contribution is 7.21. The zero-order valence-corrected chi connectivity index (χ0v) is 15.4. The number of anilines is 2. The zero-order valence-electron chi connectivity index (χ0n) is 13.7. The number of para-hydroxylation sites is 1. The first kappa shape index (κ1) is 17.9. The molecule has 0 fully saturated rings. The van der Waals surface area contributed by atoms with Gasteiger partial charge in [0.25, 0.3) is 0 Å². The minimum atomic E-state index is 0. The fraction of sp³-hybridized carbons (Fsp3) is 0.0500. The highest BCUT2D eigenvalue weighted by atomic mass is 35.5. The number of halogens is 1. The van der Waals surface area contributed by atoms with Crippen LogP contribution in [0.5, 0.6) is 0 Å². The van der Waals surface area contributed by atoms with Gasteiger partial charge in [-0.3, -0.25) is 0 Å². The number of fused-ring (bicyclic) bond motifs is 1. The molecule has 0 saturated carbocycles. The van der Waals surface area contributed by atoms with Crippen molar-refractivity contribution in [2.45, 2.75) is 6.54 Å². The van der Waals surface area contributed by atoms with Crippen molar-refractivity contribution in [3.05, 3.63) is 84.1 Å². The van der Waals surface area contributed by atoms with Crippen molar-refractivity contribution < 1.29 is 0 Å². The maximum Gasteiger partial charge on any atom is 0.192 e. The quantitative estimate of drug-likeness (QED) is 0.482. The summed E-state index contributed by atoms with van der Waals surface area (Å²) in [7, 11) is 0. The van der Waals surface area contributed by atoms with Crippen molar-refractivity contribution in [1.29, 1.82) is 5.26 Å². The van der Waals surface area contributed by atoms with E-state index in [1.807, 2.05) is 54.6 Å². The van der Waals surface area contributed by atoms with E-state index in [-0.39, 0.29) is 12.4 Å². The Morgan fingerprint density at radius 1 is 1.00 bits per heavy atom. The molecule has 0 saturated heterocycles. The summed E-state index contributed by atoms with van der Waals surface area (Å²) in [6.07, 6.45) is 1.79. The summed E-state index contributed by atoms with van der Waals surface area (Å²) in [6, 6.07) is 23.9. The Labute approximate surface area is 161 Å². The third-order valence-corrected chi connectivity index (χ3v) is 4.85. The van der Waals surface area contributed by atoms with Crippen molar-refractivity contribution in [1.82, 2.24) is 9.97 Å². The third kappa shape index (κ3) is 3.67. The number of benzene rings is 2. The molecule has 128 valence electrons. The van der Waals surface area contributed by atoms with E-state index >= 15 is 0 Å². The van der Waals surface area contributed by atoms with Crippen LogP contribution in [-0.4, -0.2) is 9.97 Å². The van der Waals surface area contributed by atoms with Gasteiger partial charge in [-0.2, -0.15) is 5.26 Å². The number of aromatic nitrogens is 2. The molecular formula is C20H15ClN4S. The first-order chi connectivity index (χ1) is 12.3. The normalized spacial score (nSPS) is 10.1. The molecular weight excluding hydrogens is 364 g/mol. The maximum atomic E-state index is 9.14. The maximum absolute atomic E-state index is 9.14. The van der Waals surface area contributed by atoms with E-state index < -0.39 is 0 Å². The molecule has 2 aromatic heterocycles. The van der Waals surface area contributed by atoms with Crippen molar-refractivity contribution >= 4 is 44.9 Å². The van der Waals surface area contributed by atoms with Crippen LogP contribution in [0.2, 0.25) is 0 Å². The summed E-state index contributed by atoms with van der Waals surface area (Å²) in [5, 5.41) is 10.0. The smallest absolute Gasteiger partial charge is 0.192 e. The van der Waals surface area contributed by atoms with Crippen molar-refractivity contribution in [2.75, 3.05) is 4.90 Å². The van der Waals surface area contributed by atoms with E-state index in [4.69, 9.17) is 10.2 Å². The second-order valence-corrected chi connectivity index (χ2v) is 6.51. The van der Waals surface area contributed by atoms with E-state index in [1.54, 1.807) is 17.5 Å². The molecule has 0 radical (unpaired) electrons. The molecule has 26 heavy (non-hydrogen) atoms. The largest absolute Gasteiger partial charge is 0.313 e. The van der Waals surface area contributed by atoms with Gasteiger partial charge in [-0.05, 0) is 42.0 Å². The molecule has 0 aliphatic rings. The lowest BCUT2D eigenvalue weighted by atomic mass is 10.1. The summed E-state index contributed by atoms with van der Waals surface area (Å²) in [5.74, 6) is 0. The number of pyridine rings is 1. The van der Waals surface area contributed by atoms with E-state index in [0.717, 1.165) is 26.7 Å². The van der Waals surface area contributed by atoms with Crippen molar-refractivity contribution in [3.8, 4) is 6.07 Å². The van der Waals surface area contributed by atoms with Crippen LogP contribution < -0.4 is 4.90 Å². The van der Waals surface area contributed by atoms with Gasteiger partial charge >= 0.3 is 0 Å². The Balaban J connectivity index is 0.00000196. The average Bonchev–Trinajstić information content (AvgIpc) is 3.11. The van der Waals surface area contributed by atoms with Gasteiger partial charge in [0.15, 0.2) is 5.13 Å². The van der Waals surface area contributed by atoms with Crippen molar-refractivity contribution in [2.24, 2.45) is 0 Å². The standard InChI is InChI=1S/C20H14N4S.ClH/c21-13-15-6-4-7-16(12-15)14-24(17-8-2-1-3-9-17)20-23-18-10-5-11-22-19(18)25-20;/h1-12H,14H2;1H. The molecule has 0 unspecified atom stereocenters. The fourth-order valence-corrected chi connectivity index (χ4v) is 3.60. The Kier molecular flexibility index (Phi) is 5.47. The van der Waals surface area contributed by atoms with Gasteiger partial charge in [-0.15, -0.1) is 12.4 Å². The van der Waals surface area contributed by atoms with Gasteiger partial charge in [-0.25, -0.2) is 9.97 Å². The molecule has 2 aromatic carbocycles. The highest BCUT2D eigenvalue weighted by Gasteiger charge is 2.15. The molecule has 0 spiro atoms. The monoisotopic (exact) mass is 378 g/mol. The van der Waals surface area contributed by atoms with Gasteiger partial charge in [-0.1, -0.05) is 41.7 Å². The molecule has 2 heterocycles. The summed E-state index contributed by atoms with van der Waals surface area (Å²) in [4.78, 5) is 12.2. The molecule has 0 atom stereocenters. The Morgan fingerprint density at radius 3 is 2.62 bits per heavy atom. The van der Waals surface area contributed by atoms with E-state index in [0.29, 0.717) is 12.1 Å². The zero-order chi connectivity index (χ0) is 17.1. The lowest BCUT2D eigenvalue weighted by molar-refractivity contribution is 0.968. The Bertz CT molecular complexity index is 1020. The predicted octanol–water partition coefficient (Wildman–Crippen LogP) is 5.32. The Hall–Kier alpha value is -2.94. The summed E-state index contributed by atoms with van der Waals surface area (Å²) < 4.78 is 0. The van der Waals surface area contributed by atoms with Crippen molar-refractivity contribution in [3.63, 3.8) is 0 Å². The van der Waals surface area contributed by atoms with Crippen LogP contribution in [0.3, 0.4) is 0 Å². The number of hydrogen-bond donors (Lipinski definition) is 0. The van der Waals surface area contributed by atoms with Crippen LogP contribution in [0.4, 0.5) is 10.8 Å². The number of rotatable bonds is 4. The summed E-state index contributed by atoms with van der Waals surface area (Å²) in [5.41, 5.74) is 3.68. The fourth-order valence-electron chi connectivity index (χ4n) is 2.67. The number of nitriles is 1. The van der Waals surface area contributed by atoms with Gasteiger partial charge in [0, 0.05) is 11.9 Å². The minimum Gasteiger partial charge on any atom is -0.313 e. The van der Waals surface area contributed by atoms with Crippen LogP contribution in [0.25, 0.3) is 10.3 Å². The topological polar surface area (TPSA) is 52.8 Å². The lowest BCUT2D eigenvalue weighted by Crippen LogP contribution is -2.16. The first-order valence-electron chi connectivity index (χ1n) is 7.87. The second kappa shape index (κ2) is 7.96. The molecule has 0 N–H and O–H groups in total. The molecule has 6 heteroatoms. The Morgan fingerprint density at radius 2 is 1.85 bits per heavy atom. The van der Waals surface area contributed by atoms with Crippen LogP contribution in [-0.2, 0) is 6.54 Å². The molecule has 0 bridgehead atoms. The average molecular weight is 379 g/mol.